The van der Waals surface area contributed by atoms with E-state index in [2.05, 4.69) is 339 Å². The van der Waals surface area contributed by atoms with Gasteiger partial charge in [0.25, 0.3) is 0 Å². The molecule has 18 rings (SSSR count). The van der Waals surface area contributed by atoms with Gasteiger partial charge in [-0.2, -0.15) is 0 Å². The van der Waals surface area contributed by atoms with E-state index in [0.717, 1.165) is 34.1 Å². The first-order valence-corrected chi connectivity index (χ1v) is 32.7. The highest BCUT2D eigenvalue weighted by molar-refractivity contribution is 7.26. The molecule has 0 aliphatic heterocycles. The number of nitrogens with zero attached hydrogens (tertiary/aromatic N) is 2. The highest BCUT2D eigenvalue weighted by Gasteiger charge is 2.47. The van der Waals surface area contributed by atoms with Gasteiger partial charge in [0.05, 0.1) is 10.8 Å². The van der Waals surface area contributed by atoms with Crippen molar-refractivity contribution in [3.63, 3.8) is 0 Å². The Kier molecular flexibility index (Phi) is 11.9. The van der Waals surface area contributed by atoms with Gasteiger partial charge >= 0.3 is 0 Å². The molecule has 0 saturated carbocycles. The van der Waals surface area contributed by atoms with Crippen molar-refractivity contribution >= 4 is 108 Å². The quantitative estimate of drug-likeness (QED) is 0.135. The molecular weight excluding hydrogens is 1130 g/mol. The molecule has 14 aromatic carbocycles. The molecule has 2 aliphatic rings. The van der Waals surface area contributed by atoms with Gasteiger partial charge in [0.1, 0.15) is 0 Å². The molecule has 0 N–H and O–H groups in total. The third-order valence-corrected chi connectivity index (χ3v) is 21.6. The molecule has 4 heteroatoms. The van der Waals surface area contributed by atoms with Crippen molar-refractivity contribution < 1.29 is 0 Å². The standard InChI is InChI=1S/C86H58N2S2/c1-55-21-17-29-63(45-55)87(65-31-19-27-61(51-65)85(59-23-5-3-6-24-59)77-37-13-9-33-69(77)70-34-10-14-38-78(70)85)67-41-43-73-75-47-57-50-82-76(48-58(57)49-81(75)89-83(73)53-67)74-44-42-68(54-84(74)90-82)88(64-30-18-22-56(2)46-64)66-32-20-28-62(52-66)86(60-25-7-4-8-26-60)79-39-15-11-35-71(79)72-36-12-16-40-80(72)86/h3-54H,1-2H3. The summed E-state index contributed by atoms with van der Waals surface area (Å²) >= 11 is 3.78. The first kappa shape index (κ1) is 52.5. The van der Waals surface area contributed by atoms with Gasteiger partial charge in [-0.05, 0) is 200 Å². The zero-order chi connectivity index (χ0) is 59.7. The van der Waals surface area contributed by atoms with E-state index in [1.807, 2.05) is 22.7 Å². The summed E-state index contributed by atoms with van der Waals surface area (Å²) in [5, 5.41) is 7.65. The van der Waals surface area contributed by atoms with Crippen LogP contribution < -0.4 is 9.80 Å². The normalized spacial score (nSPS) is 13.4. The van der Waals surface area contributed by atoms with Gasteiger partial charge < -0.3 is 9.80 Å². The Balaban J connectivity index is 0.736. The van der Waals surface area contributed by atoms with Crippen molar-refractivity contribution in [1.82, 2.24) is 0 Å². The molecule has 0 atom stereocenters. The summed E-state index contributed by atoms with van der Waals surface area (Å²) in [6, 6.07) is 119. The minimum atomic E-state index is -0.508. The van der Waals surface area contributed by atoms with Crippen LogP contribution in [0.3, 0.4) is 0 Å². The molecule has 0 fully saturated rings. The number of fused-ring (bicyclic) bond motifs is 13. The van der Waals surface area contributed by atoms with E-state index in [9.17, 15) is 0 Å². The SMILES string of the molecule is Cc1cccc(N(c2cccc(C3(c4ccccc4)c4ccccc4-c4ccccc43)c2)c2ccc3c(c2)sc2cc4cc5c(cc4cc23)sc2cc(N(c3cccc(C)c3)c3cccc(C4(c6ccccc6)c6ccccc6-c6ccccc64)c3)ccc25)c1. The summed E-state index contributed by atoms with van der Waals surface area (Å²) in [5.74, 6) is 0. The number of hydrogen-bond donors (Lipinski definition) is 0. The Morgan fingerprint density at radius 2 is 0.544 bits per heavy atom. The van der Waals surface area contributed by atoms with E-state index < -0.39 is 10.8 Å². The third kappa shape index (κ3) is 7.88. The topological polar surface area (TPSA) is 6.48 Å². The molecule has 0 radical (unpaired) electrons. The smallest absolute Gasteiger partial charge is 0.0714 e. The largest absolute Gasteiger partial charge is 0.310 e. The van der Waals surface area contributed by atoms with Gasteiger partial charge in [0.2, 0.25) is 0 Å². The molecule has 2 heterocycles. The molecular formula is C86H58N2S2. The fourth-order valence-electron chi connectivity index (χ4n) is 15.7. The molecule has 90 heavy (non-hydrogen) atoms. The minimum Gasteiger partial charge on any atom is -0.310 e. The van der Waals surface area contributed by atoms with Gasteiger partial charge in [-0.15, -0.1) is 22.7 Å². The van der Waals surface area contributed by atoms with Gasteiger partial charge in [0.15, 0.2) is 0 Å². The fourth-order valence-corrected chi connectivity index (χ4v) is 18.0. The van der Waals surface area contributed by atoms with Crippen LogP contribution in [-0.2, 0) is 10.8 Å². The summed E-state index contributed by atoms with van der Waals surface area (Å²) < 4.78 is 5.11. The van der Waals surface area contributed by atoms with Crippen molar-refractivity contribution in [2.75, 3.05) is 9.80 Å². The predicted octanol–water partition coefficient (Wildman–Crippen LogP) is 23.9. The highest BCUT2D eigenvalue weighted by atomic mass is 32.1. The highest BCUT2D eigenvalue weighted by Crippen LogP contribution is 2.59. The Morgan fingerprint density at radius 1 is 0.233 bits per heavy atom. The van der Waals surface area contributed by atoms with Crippen LogP contribution in [0.2, 0.25) is 0 Å². The zero-order valence-electron chi connectivity index (χ0n) is 49.7. The molecule has 0 spiro atoms. The predicted molar refractivity (Wildman–Crippen MR) is 383 cm³/mol. The third-order valence-electron chi connectivity index (χ3n) is 19.4. The van der Waals surface area contributed by atoms with Crippen molar-refractivity contribution in [3.8, 4) is 22.3 Å². The van der Waals surface area contributed by atoms with Crippen LogP contribution in [0, 0.1) is 13.8 Å². The lowest BCUT2D eigenvalue weighted by Crippen LogP contribution is -2.28. The summed E-state index contributed by atoms with van der Waals surface area (Å²) in [6.45, 7) is 4.38. The minimum absolute atomic E-state index is 0.508. The lowest BCUT2D eigenvalue weighted by Gasteiger charge is -2.35. The van der Waals surface area contributed by atoms with Crippen LogP contribution in [0.5, 0.6) is 0 Å². The average Bonchev–Trinajstić information content (AvgIpc) is 2.15. The molecule has 2 aliphatic carbocycles. The van der Waals surface area contributed by atoms with Gasteiger partial charge in [0, 0.05) is 74.5 Å². The Labute approximate surface area is 532 Å². The maximum absolute atomic E-state index is 2.46. The summed E-state index contributed by atoms with van der Waals surface area (Å²) in [5.41, 5.74) is 23.6. The lowest BCUT2D eigenvalue weighted by atomic mass is 9.67. The number of benzene rings is 14. The first-order chi connectivity index (χ1) is 44.4. The fraction of sp³-hybridized carbons (Fsp3) is 0.0465. The molecule has 0 bridgehead atoms. The first-order valence-electron chi connectivity index (χ1n) is 31.1. The van der Waals surface area contributed by atoms with Gasteiger partial charge in [-0.1, -0.05) is 218 Å². The van der Waals surface area contributed by atoms with Crippen LogP contribution >= 0.6 is 22.7 Å². The van der Waals surface area contributed by atoms with E-state index in [0.29, 0.717) is 0 Å². The van der Waals surface area contributed by atoms with Gasteiger partial charge in [-0.3, -0.25) is 0 Å². The van der Waals surface area contributed by atoms with E-state index in [1.54, 1.807) is 0 Å². The number of aryl methyl sites for hydroxylation is 2. The average molecular weight is 1180 g/mol. The lowest BCUT2D eigenvalue weighted by molar-refractivity contribution is 0.768. The number of hydrogen-bond acceptors (Lipinski definition) is 4. The number of thiophene rings is 2. The van der Waals surface area contributed by atoms with E-state index in [1.165, 1.54) is 129 Å². The Morgan fingerprint density at radius 3 is 0.922 bits per heavy atom. The zero-order valence-corrected chi connectivity index (χ0v) is 51.4. The van der Waals surface area contributed by atoms with Crippen LogP contribution in [-0.4, -0.2) is 0 Å². The van der Waals surface area contributed by atoms with E-state index in [4.69, 9.17) is 0 Å². The second kappa shape index (κ2) is 20.5. The Hall–Kier alpha value is -10.6. The maximum atomic E-state index is 2.46. The molecule has 424 valence electrons. The monoisotopic (exact) mass is 1180 g/mol. The maximum Gasteiger partial charge on any atom is 0.0714 e. The molecule has 0 amide bonds. The van der Waals surface area contributed by atoms with Crippen LogP contribution in [0.1, 0.15) is 55.6 Å². The van der Waals surface area contributed by atoms with Crippen molar-refractivity contribution in [1.29, 1.82) is 0 Å². The summed E-state index contributed by atoms with van der Waals surface area (Å²) in [4.78, 5) is 4.92. The second-order valence-electron chi connectivity index (χ2n) is 24.5. The van der Waals surface area contributed by atoms with Gasteiger partial charge in [-0.25, -0.2) is 0 Å². The summed E-state index contributed by atoms with van der Waals surface area (Å²) in [7, 11) is 0. The van der Waals surface area contributed by atoms with E-state index >= 15 is 0 Å². The Bertz CT molecular complexity index is 5120. The molecule has 0 unspecified atom stereocenters. The van der Waals surface area contributed by atoms with Crippen molar-refractivity contribution in [2.45, 2.75) is 24.7 Å². The number of rotatable bonds is 10. The summed E-state index contributed by atoms with van der Waals surface area (Å²) in [6.07, 6.45) is 0. The molecule has 2 nitrogen and oxygen atoms in total. The molecule has 0 saturated heterocycles. The molecule has 16 aromatic rings. The molecule has 2 aromatic heterocycles. The second-order valence-corrected chi connectivity index (χ2v) is 26.6. The van der Waals surface area contributed by atoms with Crippen LogP contribution in [0.25, 0.3) is 73.4 Å². The van der Waals surface area contributed by atoms with Crippen LogP contribution in [0.4, 0.5) is 34.1 Å². The number of anilines is 6. The van der Waals surface area contributed by atoms with Crippen molar-refractivity contribution in [3.05, 3.63) is 371 Å². The van der Waals surface area contributed by atoms with Crippen LogP contribution in [0.15, 0.2) is 315 Å². The van der Waals surface area contributed by atoms with E-state index in [-0.39, 0.29) is 0 Å². The van der Waals surface area contributed by atoms with Crippen molar-refractivity contribution in [2.24, 2.45) is 0 Å².